The number of aliphatic hydroxyl groups is 1. The topological polar surface area (TPSA) is 67.2 Å². The highest BCUT2D eigenvalue weighted by molar-refractivity contribution is 7.10. The summed E-state index contributed by atoms with van der Waals surface area (Å²) >= 11 is 1.51. The van der Waals surface area contributed by atoms with E-state index in [1.54, 1.807) is 10.7 Å². The number of thiophene rings is 1. The van der Waals surface area contributed by atoms with Crippen LogP contribution >= 0.6 is 11.3 Å². The van der Waals surface area contributed by atoms with Gasteiger partial charge in [0.2, 0.25) is 5.91 Å². The van der Waals surface area contributed by atoms with Crippen molar-refractivity contribution < 1.29 is 9.90 Å². The molecular weight excluding hydrogens is 322 g/mol. The number of carbonyl (C=O) groups is 1. The van der Waals surface area contributed by atoms with Crippen LogP contribution in [0.3, 0.4) is 0 Å². The Morgan fingerprint density at radius 1 is 1.33 bits per heavy atom. The Bertz CT molecular complexity index is 811. The second-order valence-corrected chi connectivity index (χ2v) is 6.54. The van der Waals surface area contributed by atoms with Gasteiger partial charge in [0.15, 0.2) is 0 Å². The number of benzene rings is 1. The molecule has 0 aliphatic rings. The molecule has 0 bridgehead atoms. The van der Waals surface area contributed by atoms with Crippen LogP contribution in [0.25, 0.3) is 0 Å². The fourth-order valence-electron chi connectivity index (χ4n) is 2.42. The minimum Gasteiger partial charge on any atom is -0.383 e. The first kappa shape index (κ1) is 16.4. The van der Waals surface area contributed by atoms with Crippen molar-refractivity contribution in [1.82, 2.24) is 9.78 Å². The number of anilines is 1. The lowest BCUT2D eigenvalue weighted by molar-refractivity contribution is -0.116. The summed E-state index contributed by atoms with van der Waals surface area (Å²) in [4.78, 5) is 13.0. The number of hydrogen-bond acceptors (Lipinski definition) is 4. The molecule has 5 nitrogen and oxygen atoms in total. The maximum atomic E-state index is 12.1. The van der Waals surface area contributed by atoms with Gasteiger partial charge in [0.25, 0.3) is 0 Å². The molecule has 6 heteroatoms. The minimum atomic E-state index is -0.672. The molecule has 1 aromatic carbocycles. The third kappa shape index (κ3) is 4.10. The highest BCUT2D eigenvalue weighted by Gasteiger charge is 2.12. The van der Waals surface area contributed by atoms with E-state index >= 15 is 0 Å². The number of nitrogens with zero attached hydrogens (tertiary/aromatic N) is 2. The van der Waals surface area contributed by atoms with Gasteiger partial charge in [0.1, 0.15) is 6.10 Å². The summed E-state index contributed by atoms with van der Waals surface area (Å²) < 4.78 is 1.76. The van der Waals surface area contributed by atoms with Gasteiger partial charge >= 0.3 is 0 Å². The molecular formula is C18H19N3O2S. The Labute approximate surface area is 144 Å². The standard InChI is InChI=1S/C18H19N3O2S/c1-13-7-9-21(20-13)10-8-17(22)19-15-5-2-4-14(12-15)18(23)16-6-3-11-24-16/h2-7,9,11-12,18,23H,8,10H2,1H3,(H,19,22). The molecule has 0 radical (unpaired) electrons. The smallest absolute Gasteiger partial charge is 0.226 e. The molecule has 2 aromatic heterocycles. The third-order valence-corrected chi connectivity index (χ3v) is 4.57. The molecule has 1 atom stereocenters. The Morgan fingerprint density at radius 2 is 2.21 bits per heavy atom. The fraction of sp³-hybridized carbons (Fsp3) is 0.222. The lowest BCUT2D eigenvalue weighted by atomic mass is 10.1. The SMILES string of the molecule is Cc1ccn(CCC(=O)Nc2cccc(C(O)c3cccs3)c2)n1. The molecule has 24 heavy (non-hydrogen) atoms. The number of aryl methyl sites for hydroxylation is 2. The van der Waals surface area contributed by atoms with Crippen LogP contribution in [0.15, 0.2) is 54.0 Å². The van der Waals surface area contributed by atoms with E-state index in [9.17, 15) is 9.90 Å². The molecule has 0 spiro atoms. The molecule has 1 amide bonds. The van der Waals surface area contributed by atoms with Gasteiger partial charge < -0.3 is 10.4 Å². The van der Waals surface area contributed by atoms with Crippen LogP contribution in [0.4, 0.5) is 5.69 Å². The lowest BCUT2D eigenvalue weighted by Gasteiger charge is -2.11. The zero-order chi connectivity index (χ0) is 16.9. The van der Waals surface area contributed by atoms with Crippen molar-refractivity contribution in [2.45, 2.75) is 26.0 Å². The Morgan fingerprint density at radius 3 is 2.92 bits per heavy atom. The molecule has 3 aromatic rings. The van der Waals surface area contributed by atoms with E-state index in [-0.39, 0.29) is 5.91 Å². The first-order chi connectivity index (χ1) is 11.6. The van der Waals surface area contributed by atoms with Crippen molar-refractivity contribution in [3.63, 3.8) is 0 Å². The Hall–Kier alpha value is -2.44. The first-order valence-corrected chi connectivity index (χ1v) is 8.61. The largest absolute Gasteiger partial charge is 0.383 e. The quantitative estimate of drug-likeness (QED) is 0.722. The monoisotopic (exact) mass is 341 g/mol. The Kier molecular flexibility index (Phi) is 5.08. The minimum absolute atomic E-state index is 0.0779. The average Bonchev–Trinajstić information content (AvgIpc) is 3.24. The summed E-state index contributed by atoms with van der Waals surface area (Å²) in [6.07, 6.45) is 1.54. The third-order valence-electron chi connectivity index (χ3n) is 3.64. The summed E-state index contributed by atoms with van der Waals surface area (Å²) in [5.74, 6) is -0.0779. The second kappa shape index (κ2) is 7.42. The van der Waals surface area contributed by atoms with E-state index in [0.717, 1.165) is 16.1 Å². The molecule has 0 aliphatic heterocycles. The van der Waals surface area contributed by atoms with Crippen molar-refractivity contribution in [3.8, 4) is 0 Å². The number of hydrogen-bond donors (Lipinski definition) is 2. The van der Waals surface area contributed by atoms with Crippen LogP contribution in [0, 0.1) is 6.92 Å². The highest BCUT2D eigenvalue weighted by Crippen LogP contribution is 2.27. The second-order valence-electron chi connectivity index (χ2n) is 5.56. The van der Waals surface area contributed by atoms with E-state index in [0.29, 0.717) is 18.7 Å². The Balaban J connectivity index is 1.60. The van der Waals surface area contributed by atoms with Crippen molar-refractivity contribution in [2.24, 2.45) is 0 Å². The van der Waals surface area contributed by atoms with Crippen LogP contribution in [0.1, 0.15) is 28.7 Å². The summed E-state index contributed by atoms with van der Waals surface area (Å²) in [6, 6.07) is 13.0. The number of aliphatic hydroxyl groups excluding tert-OH is 1. The maximum absolute atomic E-state index is 12.1. The van der Waals surface area contributed by atoms with Crippen molar-refractivity contribution >= 4 is 22.9 Å². The lowest BCUT2D eigenvalue weighted by Crippen LogP contribution is -2.15. The number of amides is 1. The molecule has 0 fully saturated rings. The summed E-state index contributed by atoms with van der Waals surface area (Å²) in [5, 5.41) is 19.4. The van der Waals surface area contributed by atoms with E-state index in [1.807, 2.05) is 54.9 Å². The van der Waals surface area contributed by atoms with Gasteiger partial charge in [-0.25, -0.2) is 0 Å². The van der Waals surface area contributed by atoms with Crippen LogP contribution in [0.5, 0.6) is 0 Å². The number of rotatable bonds is 6. The van der Waals surface area contributed by atoms with Gasteiger partial charge in [-0.15, -0.1) is 11.3 Å². The average molecular weight is 341 g/mol. The summed E-state index contributed by atoms with van der Waals surface area (Å²) in [5.41, 5.74) is 2.38. The van der Waals surface area contributed by atoms with Gasteiger partial charge in [-0.2, -0.15) is 5.10 Å². The molecule has 3 rings (SSSR count). The molecule has 2 N–H and O–H groups in total. The fourth-order valence-corrected chi connectivity index (χ4v) is 3.16. The van der Waals surface area contributed by atoms with Crippen molar-refractivity contribution in [2.75, 3.05) is 5.32 Å². The molecule has 0 aliphatic carbocycles. The van der Waals surface area contributed by atoms with E-state index in [1.165, 1.54) is 11.3 Å². The molecule has 2 heterocycles. The highest BCUT2D eigenvalue weighted by atomic mass is 32.1. The van der Waals surface area contributed by atoms with Crippen molar-refractivity contribution in [1.29, 1.82) is 0 Å². The molecule has 124 valence electrons. The van der Waals surface area contributed by atoms with E-state index in [4.69, 9.17) is 0 Å². The zero-order valence-corrected chi connectivity index (χ0v) is 14.2. The normalized spacial score (nSPS) is 12.1. The zero-order valence-electron chi connectivity index (χ0n) is 13.3. The van der Waals surface area contributed by atoms with Crippen LogP contribution in [-0.4, -0.2) is 20.8 Å². The summed E-state index contributed by atoms with van der Waals surface area (Å²) in [6.45, 7) is 2.46. The van der Waals surface area contributed by atoms with E-state index in [2.05, 4.69) is 10.4 Å². The predicted octanol–water partition coefficient (Wildman–Crippen LogP) is 3.36. The van der Waals surface area contributed by atoms with Gasteiger partial charge in [-0.05, 0) is 42.1 Å². The van der Waals surface area contributed by atoms with Crippen LogP contribution < -0.4 is 5.32 Å². The number of nitrogens with one attached hydrogen (secondary N) is 1. The number of carbonyl (C=O) groups excluding carboxylic acids is 1. The van der Waals surface area contributed by atoms with Gasteiger partial charge in [0, 0.05) is 29.7 Å². The predicted molar refractivity (Wildman–Crippen MR) is 95.0 cm³/mol. The van der Waals surface area contributed by atoms with E-state index < -0.39 is 6.10 Å². The molecule has 1 unspecified atom stereocenters. The first-order valence-electron chi connectivity index (χ1n) is 7.73. The molecule has 0 saturated heterocycles. The number of aromatic nitrogens is 2. The van der Waals surface area contributed by atoms with Gasteiger partial charge in [0.05, 0.1) is 5.69 Å². The summed E-state index contributed by atoms with van der Waals surface area (Å²) in [7, 11) is 0. The maximum Gasteiger partial charge on any atom is 0.226 e. The van der Waals surface area contributed by atoms with Gasteiger partial charge in [-0.3, -0.25) is 9.48 Å². The van der Waals surface area contributed by atoms with Crippen LogP contribution in [-0.2, 0) is 11.3 Å². The van der Waals surface area contributed by atoms with Crippen molar-refractivity contribution in [3.05, 3.63) is 70.2 Å². The molecule has 0 saturated carbocycles. The van der Waals surface area contributed by atoms with Gasteiger partial charge in [-0.1, -0.05) is 18.2 Å². The van der Waals surface area contributed by atoms with Crippen LogP contribution in [0.2, 0.25) is 0 Å².